The maximum absolute atomic E-state index is 13.2. The van der Waals surface area contributed by atoms with Crippen molar-refractivity contribution in [1.82, 2.24) is 14.8 Å². The van der Waals surface area contributed by atoms with Gasteiger partial charge in [-0.2, -0.15) is 0 Å². The number of hydrogen-bond acceptors (Lipinski definition) is 7. The highest BCUT2D eigenvalue weighted by atomic mass is 32.1. The lowest BCUT2D eigenvalue weighted by Gasteiger charge is -2.41. The average molecular weight is 459 g/mol. The Labute approximate surface area is 192 Å². The van der Waals surface area contributed by atoms with Gasteiger partial charge in [-0.1, -0.05) is 29.9 Å². The van der Waals surface area contributed by atoms with Gasteiger partial charge >= 0.3 is 0 Å². The Hall–Kier alpha value is -2.65. The van der Waals surface area contributed by atoms with E-state index in [9.17, 15) is 14.7 Å². The van der Waals surface area contributed by atoms with Crippen LogP contribution < -0.4 is 10.5 Å². The molecule has 1 aromatic heterocycles. The number of carbonyl (C=O) groups is 2. The van der Waals surface area contributed by atoms with Crippen molar-refractivity contribution in [2.75, 3.05) is 45.1 Å². The Morgan fingerprint density at radius 3 is 2.66 bits per heavy atom. The predicted molar refractivity (Wildman–Crippen MR) is 123 cm³/mol. The van der Waals surface area contributed by atoms with Crippen molar-refractivity contribution in [3.8, 4) is 5.75 Å². The maximum Gasteiger partial charge on any atom is 0.265 e. The van der Waals surface area contributed by atoms with Crippen LogP contribution in [-0.4, -0.2) is 71.1 Å². The molecule has 2 aromatic rings. The smallest absolute Gasteiger partial charge is 0.265 e. The largest absolute Gasteiger partial charge is 0.491 e. The average Bonchev–Trinajstić information content (AvgIpc) is 3.26. The van der Waals surface area contributed by atoms with Gasteiger partial charge < -0.3 is 25.4 Å². The van der Waals surface area contributed by atoms with Crippen molar-refractivity contribution in [1.29, 1.82) is 0 Å². The molecular formula is C23H30N4O4S. The van der Waals surface area contributed by atoms with Crippen LogP contribution in [0.15, 0.2) is 30.5 Å². The quantitative estimate of drug-likeness (QED) is 0.716. The molecule has 0 saturated carbocycles. The molecular weight excluding hydrogens is 428 g/mol. The van der Waals surface area contributed by atoms with Gasteiger partial charge in [-0.25, -0.2) is 4.98 Å². The van der Waals surface area contributed by atoms with Crippen molar-refractivity contribution >= 4 is 28.3 Å². The number of carbonyl (C=O) groups excluding carboxylic acids is 2. The van der Waals surface area contributed by atoms with Crippen LogP contribution >= 0.6 is 11.3 Å². The molecule has 4 heterocycles. The Bertz CT molecular complexity index is 955. The minimum absolute atomic E-state index is 0.0462. The summed E-state index contributed by atoms with van der Waals surface area (Å²) in [6.07, 6.45) is 5.70. The number of aliphatic hydroxyl groups excluding tert-OH is 1. The van der Waals surface area contributed by atoms with E-state index in [1.54, 1.807) is 17.0 Å². The highest BCUT2D eigenvalue weighted by Gasteiger charge is 2.36. The van der Waals surface area contributed by atoms with Crippen LogP contribution in [0.1, 0.15) is 52.1 Å². The second-order valence-corrected chi connectivity index (χ2v) is 9.67. The SMILES string of the molecule is Nc1ncc(C(=O)N2CCCCC3(CO)CCN(CC3)C(=O)c3ccccc3OCC2)s1. The molecule has 1 saturated heterocycles. The molecule has 32 heavy (non-hydrogen) atoms. The number of amides is 2. The molecule has 0 spiro atoms. The van der Waals surface area contributed by atoms with Gasteiger partial charge in [0.15, 0.2) is 5.13 Å². The summed E-state index contributed by atoms with van der Waals surface area (Å²) in [4.78, 5) is 34.4. The summed E-state index contributed by atoms with van der Waals surface area (Å²) >= 11 is 1.18. The fourth-order valence-electron chi connectivity index (χ4n) is 4.54. The fourth-order valence-corrected chi connectivity index (χ4v) is 5.19. The van der Waals surface area contributed by atoms with E-state index in [1.807, 2.05) is 17.0 Å². The summed E-state index contributed by atoms with van der Waals surface area (Å²) in [5.74, 6) is 0.372. The van der Waals surface area contributed by atoms with Gasteiger partial charge in [0.05, 0.1) is 18.3 Å². The normalized spacial score (nSPS) is 19.6. The maximum atomic E-state index is 13.2. The van der Waals surface area contributed by atoms with Gasteiger partial charge in [-0.05, 0) is 43.2 Å². The molecule has 0 atom stereocenters. The highest BCUT2D eigenvalue weighted by molar-refractivity contribution is 7.17. The number of para-hydroxylation sites is 1. The number of ether oxygens (including phenoxy) is 1. The summed E-state index contributed by atoms with van der Waals surface area (Å²) in [5, 5.41) is 10.5. The van der Waals surface area contributed by atoms with Gasteiger partial charge in [-0.15, -0.1) is 0 Å². The molecule has 3 aliphatic heterocycles. The number of fused-ring (bicyclic) bond motifs is 9. The molecule has 9 heteroatoms. The number of aliphatic hydroxyl groups is 1. The van der Waals surface area contributed by atoms with Crippen molar-refractivity contribution in [2.45, 2.75) is 32.1 Å². The third kappa shape index (κ3) is 4.88. The number of thiazole rings is 1. The lowest BCUT2D eigenvalue weighted by atomic mass is 9.75. The van der Waals surface area contributed by atoms with E-state index in [0.29, 0.717) is 47.5 Å². The number of nitrogens with two attached hydrogens (primary N) is 1. The number of aromatic nitrogens is 1. The topological polar surface area (TPSA) is 109 Å². The van der Waals surface area contributed by atoms with Crippen molar-refractivity contribution < 1.29 is 19.4 Å². The number of anilines is 1. The van der Waals surface area contributed by atoms with Gasteiger partial charge in [0.25, 0.3) is 11.8 Å². The Kier molecular flexibility index (Phi) is 6.95. The number of hydrogen-bond donors (Lipinski definition) is 2. The standard InChI is InChI=1S/C23H30N4O4S/c24-22-25-15-19(32-22)21(30)26-10-4-3-7-23(16-28)8-11-27(12-9-23)20(29)17-5-1-2-6-18(17)31-14-13-26/h1-2,5-6,15,28H,3-4,7-14,16H2,(H2,24,25). The Morgan fingerprint density at radius 1 is 1.16 bits per heavy atom. The first-order chi connectivity index (χ1) is 15.5. The number of piperidine rings is 1. The molecule has 5 rings (SSSR count). The summed E-state index contributed by atoms with van der Waals surface area (Å²) < 4.78 is 5.98. The van der Waals surface area contributed by atoms with Crippen LogP contribution in [-0.2, 0) is 0 Å². The Balaban J connectivity index is 1.57. The van der Waals surface area contributed by atoms with Crippen LogP contribution in [0.4, 0.5) is 5.13 Å². The second kappa shape index (κ2) is 9.87. The van der Waals surface area contributed by atoms with Gasteiger partial charge in [-0.3, -0.25) is 9.59 Å². The second-order valence-electron chi connectivity index (χ2n) is 8.61. The van der Waals surface area contributed by atoms with Gasteiger partial charge in [0.2, 0.25) is 0 Å². The van der Waals surface area contributed by atoms with Crippen LogP contribution in [0, 0.1) is 5.41 Å². The number of benzene rings is 1. The number of rotatable bonds is 2. The summed E-state index contributed by atoms with van der Waals surface area (Å²) in [6, 6.07) is 7.26. The molecule has 1 aromatic carbocycles. The summed E-state index contributed by atoms with van der Waals surface area (Å²) in [5.41, 5.74) is 6.09. The Morgan fingerprint density at radius 2 is 1.94 bits per heavy atom. The minimum atomic E-state index is -0.159. The van der Waals surface area contributed by atoms with E-state index in [1.165, 1.54) is 17.5 Å². The van der Waals surface area contributed by atoms with E-state index in [2.05, 4.69) is 4.98 Å². The molecule has 0 unspecified atom stereocenters. The zero-order chi connectivity index (χ0) is 22.6. The van der Waals surface area contributed by atoms with Crippen molar-refractivity contribution in [3.05, 3.63) is 40.9 Å². The molecule has 0 radical (unpaired) electrons. The molecule has 1 fully saturated rings. The predicted octanol–water partition coefficient (Wildman–Crippen LogP) is 2.65. The van der Waals surface area contributed by atoms with Crippen molar-refractivity contribution in [3.63, 3.8) is 0 Å². The zero-order valence-electron chi connectivity index (χ0n) is 18.2. The van der Waals surface area contributed by atoms with Crippen molar-refractivity contribution in [2.24, 2.45) is 5.41 Å². The van der Waals surface area contributed by atoms with E-state index in [-0.39, 0.29) is 30.4 Å². The molecule has 2 bridgehead atoms. The molecule has 8 nitrogen and oxygen atoms in total. The third-order valence-corrected chi connectivity index (χ3v) is 7.40. The first kappa shape index (κ1) is 22.5. The number of nitrogens with zero attached hydrogens (tertiary/aromatic N) is 3. The zero-order valence-corrected chi connectivity index (χ0v) is 19.0. The molecule has 3 aliphatic rings. The van der Waals surface area contributed by atoms with E-state index in [0.717, 1.165) is 32.1 Å². The van der Waals surface area contributed by atoms with E-state index in [4.69, 9.17) is 10.5 Å². The first-order valence-electron chi connectivity index (χ1n) is 11.1. The van der Waals surface area contributed by atoms with E-state index >= 15 is 0 Å². The van der Waals surface area contributed by atoms with Crippen LogP contribution in [0.5, 0.6) is 5.75 Å². The molecule has 172 valence electrons. The fraction of sp³-hybridized carbons (Fsp3) is 0.522. The molecule has 3 N–H and O–H groups in total. The monoisotopic (exact) mass is 458 g/mol. The highest BCUT2D eigenvalue weighted by Crippen LogP contribution is 2.37. The van der Waals surface area contributed by atoms with Gasteiger partial charge in [0.1, 0.15) is 17.2 Å². The first-order valence-corrected chi connectivity index (χ1v) is 12.0. The minimum Gasteiger partial charge on any atom is -0.491 e. The van der Waals surface area contributed by atoms with Gasteiger partial charge in [0, 0.05) is 26.2 Å². The lowest BCUT2D eigenvalue weighted by molar-refractivity contribution is 0.0297. The number of nitrogen functional groups attached to an aromatic ring is 1. The van der Waals surface area contributed by atoms with Crippen LogP contribution in [0.25, 0.3) is 0 Å². The van der Waals surface area contributed by atoms with E-state index < -0.39 is 0 Å². The molecule has 0 aliphatic carbocycles. The third-order valence-electron chi connectivity index (χ3n) is 6.59. The summed E-state index contributed by atoms with van der Waals surface area (Å²) in [7, 11) is 0. The lowest BCUT2D eigenvalue weighted by Crippen LogP contribution is -2.44. The van der Waals surface area contributed by atoms with Crippen LogP contribution in [0.3, 0.4) is 0 Å². The summed E-state index contributed by atoms with van der Waals surface area (Å²) in [6.45, 7) is 2.65. The van der Waals surface area contributed by atoms with Crippen LogP contribution in [0.2, 0.25) is 0 Å². The molecule has 2 amide bonds.